The van der Waals surface area contributed by atoms with Crippen LogP contribution in [0.4, 0.5) is 5.69 Å². The summed E-state index contributed by atoms with van der Waals surface area (Å²) in [7, 11) is -4.24. The first-order valence-electron chi connectivity index (χ1n) is 15.5. The van der Waals surface area contributed by atoms with Gasteiger partial charge < -0.3 is 15.0 Å². The highest BCUT2D eigenvalue weighted by molar-refractivity contribution is 7.92. The number of nitrogens with zero attached hydrogens (tertiary/aromatic N) is 2. The Hall–Kier alpha value is -4.63. The maximum Gasteiger partial charge on any atom is 0.264 e. The maximum absolute atomic E-state index is 14.7. The number of anilines is 1. The van der Waals surface area contributed by atoms with E-state index in [1.54, 1.807) is 36.4 Å². The molecule has 0 spiro atoms. The molecule has 8 nitrogen and oxygen atoms in total. The number of para-hydroxylation sites is 2. The number of nitrogens with one attached hydrogen (secondary N) is 1. The third-order valence-corrected chi connectivity index (χ3v) is 9.40. The molecule has 9 heteroatoms. The van der Waals surface area contributed by atoms with Crippen molar-refractivity contribution in [1.29, 1.82) is 0 Å². The van der Waals surface area contributed by atoms with Gasteiger partial charge in [-0.3, -0.25) is 13.9 Å². The Kier molecular flexibility index (Phi) is 11.6. The molecule has 4 aromatic carbocycles. The van der Waals surface area contributed by atoms with E-state index >= 15 is 0 Å². The Balaban J connectivity index is 1.85. The van der Waals surface area contributed by atoms with E-state index in [0.29, 0.717) is 12.4 Å². The fraction of sp³-hybridized carbons (Fsp3) is 0.297. The standard InChI is InChI=1S/C37H43N3O5S/c1-6-45-35-19-13-12-18-33(35)40(46(43,44)32-22-20-28(4)21-23-32)26-36(41)39(25-31-17-11-10-14-29(31)5)34(37(42)38-27(2)3)24-30-15-8-7-9-16-30/h7-23,27,34H,6,24-26H2,1-5H3,(H,38,42)/t34-/m0/s1. The van der Waals surface area contributed by atoms with Gasteiger partial charge in [-0.05, 0) is 75.6 Å². The lowest BCUT2D eigenvalue weighted by Crippen LogP contribution is -2.54. The van der Waals surface area contributed by atoms with E-state index in [1.165, 1.54) is 17.0 Å². The van der Waals surface area contributed by atoms with Gasteiger partial charge in [-0.1, -0.05) is 84.4 Å². The number of aryl methyl sites for hydroxylation is 2. The van der Waals surface area contributed by atoms with Gasteiger partial charge in [0, 0.05) is 19.0 Å². The average molecular weight is 642 g/mol. The van der Waals surface area contributed by atoms with Crippen molar-refractivity contribution in [3.8, 4) is 5.75 Å². The highest BCUT2D eigenvalue weighted by atomic mass is 32.2. The molecule has 0 aliphatic rings. The fourth-order valence-corrected chi connectivity index (χ4v) is 6.62. The summed E-state index contributed by atoms with van der Waals surface area (Å²) in [6.45, 7) is 9.23. The molecule has 0 heterocycles. The highest BCUT2D eigenvalue weighted by Gasteiger charge is 2.35. The second-order valence-electron chi connectivity index (χ2n) is 11.5. The number of amides is 2. The van der Waals surface area contributed by atoms with Gasteiger partial charge in [-0.25, -0.2) is 8.42 Å². The van der Waals surface area contributed by atoms with Gasteiger partial charge in [0.1, 0.15) is 18.3 Å². The molecule has 0 aliphatic heterocycles. The predicted molar refractivity (Wildman–Crippen MR) is 182 cm³/mol. The number of rotatable bonds is 14. The van der Waals surface area contributed by atoms with Crippen LogP contribution in [0.15, 0.2) is 108 Å². The van der Waals surface area contributed by atoms with Crippen LogP contribution >= 0.6 is 0 Å². The fourth-order valence-electron chi connectivity index (χ4n) is 5.20. The number of sulfonamides is 1. The molecule has 0 bridgehead atoms. The molecule has 0 aromatic heterocycles. The van der Waals surface area contributed by atoms with E-state index in [1.807, 2.05) is 89.2 Å². The smallest absolute Gasteiger partial charge is 0.264 e. The van der Waals surface area contributed by atoms with Gasteiger partial charge >= 0.3 is 0 Å². The van der Waals surface area contributed by atoms with Crippen molar-refractivity contribution < 1.29 is 22.7 Å². The van der Waals surface area contributed by atoms with Gasteiger partial charge in [0.2, 0.25) is 11.8 Å². The molecule has 0 fully saturated rings. The van der Waals surface area contributed by atoms with Gasteiger partial charge in [-0.15, -0.1) is 0 Å². The molecule has 0 saturated carbocycles. The van der Waals surface area contributed by atoms with Gasteiger partial charge in [-0.2, -0.15) is 0 Å². The summed E-state index contributed by atoms with van der Waals surface area (Å²) in [5, 5.41) is 2.99. The van der Waals surface area contributed by atoms with Crippen molar-refractivity contribution in [2.45, 2.75) is 64.6 Å². The second kappa shape index (κ2) is 15.6. The quantitative estimate of drug-likeness (QED) is 0.181. The summed E-state index contributed by atoms with van der Waals surface area (Å²) in [4.78, 5) is 30.1. The molecule has 4 aromatic rings. The third-order valence-electron chi connectivity index (χ3n) is 7.63. The largest absolute Gasteiger partial charge is 0.492 e. The Morgan fingerprint density at radius 3 is 2.11 bits per heavy atom. The topological polar surface area (TPSA) is 96.0 Å². The lowest BCUT2D eigenvalue weighted by molar-refractivity contribution is -0.140. The molecular formula is C37H43N3O5S. The SMILES string of the molecule is CCOc1ccccc1N(CC(=O)N(Cc1ccccc1C)[C@@H](Cc1ccccc1)C(=O)NC(C)C)S(=O)(=O)c1ccc(C)cc1. The van der Waals surface area contributed by atoms with E-state index in [-0.39, 0.29) is 35.5 Å². The minimum absolute atomic E-state index is 0.0426. The number of hydrogen-bond donors (Lipinski definition) is 1. The molecule has 1 N–H and O–H groups in total. The predicted octanol–water partition coefficient (Wildman–Crippen LogP) is 6.06. The molecule has 46 heavy (non-hydrogen) atoms. The number of hydrogen-bond acceptors (Lipinski definition) is 5. The Morgan fingerprint density at radius 2 is 1.46 bits per heavy atom. The van der Waals surface area contributed by atoms with Gasteiger partial charge in [0.15, 0.2) is 0 Å². The monoisotopic (exact) mass is 641 g/mol. The number of carbonyl (C=O) groups is 2. The number of carbonyl (C=O) groups excluding carboxylic acids is 2. The molecule has 0 radical (unpaired) electrons. The molecule has 4 rings (SSSR count). The molecule has 0 unspecified atom stereocenters. The van der Waals surface area contributed by atoms with Gasteiger partial charge in [0.05, 0.1) is 17.2 Å². The van der Waals surface area contributed by atoms with Crippen molar-refractivity contribution in [3.05, 3.63) is 125 Å². The minimum atomic E-state index is -4.24. The van der Waals surface area contributed by atoms with E-state index in [0.717, 1.165) is 26.6 Å². The van der Waals surface area contributed by atoms with Crippen LogP contribution in [0.25, 0.3) is 0 Å². The van der Waals surface area contributed by atoms with Crippen molar-refractivity contribution in [2.75, 3.05) is 17.5 Å². The molecular weight excluding hydrogens is 598 g/mol. The van der Waals surface area contributed by atoms with Crippen molar-refractivity contribution in [1.82, 2.24) is 10.2 Å². The summed E-state index contributed by atoms with van der Waals surface area (Å²) < 4.78 is 35.6. The lowest BCUT2D eigenvalue weighted by Gasteiger charge is -2.34. The highest BCUT2D eigenvalue weighted by Crippen LogP contribution is 2.33. The first-order chi connectivity index (χ1) is 22.0. The van der Waals surface area contributed by atoms with E-state index in [9.17, 15) is 18.0 Å². The summed E-state index contributed by atoms with van der Waals surface area (Å²) >= 11 is 0. The zero-order valence-electron chi connectivity index (χ0n) is 27.1. The Morgan fingerprint density at radius 1 is 0.826 bits per heavy atom. The van der Waals surface area contributed by atoms with Crippen molar-refractivity contribution in [2.24, 2.45) is 0 Å². The first-order valence-corrected chi connectivity index (χ1v) is 16.9. The normalized spacial score (nSPS) is 12.0. The zero-order chi connectivity index (χ0) is 33.3. The molecule has 1 atom stereocenters. The average Bonchev–Trinajstić information content (AvgIpc) is 3.03. The minimum Gasteiger partial charge on any atom is -0.492 e. The van der Waals surface area contributed by atoms with Crippen LogP contribution in [0.1, 0.15) is 43.0 Å². The van der Waals surface area contributed by atoms with Crippen LogP contribution in [0.2, 0.25) is 0 Å². The van der Waals surface area contributed by atoms with Crippen LogP contribution < -0.4 is 14.4 Å². The van der Waals surface area contributed by atoms with Crippen LogP contribution in [0.5, 0.6) is 5.75 Å². The first kappa shape index (κ1) is 34.2. The second-order valence-corrected chi connectivity index (χ2v) is 13.4. The summed E-state index contributed by atoms with van der Waals surface area (Å²) in [5.41, 5.74) is 3.82. The number of benzene rings is 4. The summed E-state index contributed by atoms with van der Waals surface area (Å²) in [6, 6.07) is 29.4. The molecule has 0 saturated heterocycles. The van der Waals surface area contributed by atoms with E-state index in [4.69, 9.17) is 4.74 Å². The summed E-state index contributed by atoms with van der Waals surface area (Å²) in [5.74, 6) is -0.508. The van der Waals surface area contributed by atoms with Crippen LogP contribution in [-0.2, 0) is 32.6 Å². The van der Waals surface area contributed by atoms with Crippen LogP contribution in [0.3, 0.4) is 0 Å². The van der Waals surface area contributed by atoms with E-state index in [2.05, 4.69) is 5.32 Å². The maximum atomic E-state index is 14.7. The van der Waals surface area contributed by atoms with E-state index < -0.39 is 28.5 Å². The van der Waals surface area contributed by atoms with Crippen molar-refractivity contribution >= 4 is 27.5 Å². The Bertz CT molecular complexity index is 1720. The molecule has 0 aliphatic carbocycles. The zero-order valence-corrected chi connectivity index (χ0v) is 28.0. The van der Waals surface area contributed by atoms with Gasteiger partial charge in [0.25, 0.3) is 10.0 Å². The number of ether oxygens (including phenoxy) is 1. The molecule has 242 valence electrons. The van der Waals surface area contributed by atoms with Crippen molar-refractivity contribution in [3.63, 3.8) is 0 Å². The third kappa shape index (κ3) is 8.54. The molecule has 2 amide bonds. The summed E-state index contributed by atoms with van der Waals surface area (Å²) in [6.07, 6.45) is 0.247. The lowest BCUT2D eigenvalue weighted by atomic mass is 10.0. The van der Waals surface area contributed by atoms with Crippen LogP contribution in [-0.4, -0.2) is 50.4 Å². The Labute approximate surface area is 273 Å². The van der Waals surface area contributed by atoms with Crippen LogP contribution in [0, 0.1) is 13.8 Å².